The van der Waals surface area contributed by atoms with Crippen molar-refractivity contribution in [2.24, 2.45) is 11.8 Å². The van der Waals surface area contributed by atoms with E-state index in [4.69, 9.17) is 0 Å². The Morgan fingerprint density at radius 2 is 1.71 bits per heavy atom. The summed E-state index contributed by atoms with van der Waals surface area (Å²) in [5.74, 6) is 1.87. The lowest BCUT2D eigenvalue weighted by Gasteiger charge is -2.21. The van der Waals surface area contributed by atoms with Crippen molar-refractivity contribution in [2.45, 2.75) is 71.9 Å². The van der Waals surface area contributed by atoms with Gasteiger partial charge in [-0.15, -0.1) is 0 Å². The summed E-state index contributed by atoms with van der Waals surface area (Å²) in [6.45, 7) is 9.17. The van der Waals surface area contributed by atoms with Crippen LogP contribution in [0.2, 0.25) is 0 Å². The van der Waals surface area contributed by atoms with Crippen LogP contribution >= 0.6 is 0 Å². The first-order valence-corrected chi connectivity index (χ1v) is 6.35. The second-order valence-electron chi connectivity index (χ2n) is 5.59. The van der Waals surface area contributed by atoms with Crippen molar-refractivity contribution in [2.75, 3.05) is 0 Å². The van der Waals surface area contributed by atoms with Crippen LogP contribution in [0, 0.1) is 11.8 Å². The summed E-state index contributed by atoms with van der Waals surface area (Å²) in [4.78, 5) is 0. The molecule has 0 amide bonds. The Morgan fingerprint density at radius 3 is 2.14 bits per heavy atom. The maximum absolute atomic E-state index is 3.72. The molecule has 1 fully saturated rings. The molecule has 0 radical (unpaired) electrons. The highest BCUT2D eigenvalue weighted by Gasteiger charge is 2.30. The molecule has 0 bridgehead atoms. The molecule has 0 aromatic rings. The van der Waals surface area contributed by atoms with E-state index in [-0.39, 0.29) is 0 Å². The van der Waals surface area contributed by atoms with Crippen molar-refractivity contribution in [3.8, 4) is 0 Å². The highest BCUT2D eigenvalue weighted by molar-refractivity contribution is 4.87. The molecule has 84 valence electrons. The summed E-state index contributed by atoms with van der Waals surface area (Å²) in [7, 11) is 0. The summed E-state index contributed by atoms with van der Waals surface area (Å²) in [5.41, 5.74) is 0. The van der Waals surface area contributed by atoms with Gasteiger partial charge in [0, 0.05) is 12.1 Å². The van der Waals surface area contributed by atoms with Crippen LogP contribution in [0.1, 0.15) is 59.8 Å². The summed E-state index contributed by atoms with van der Waals surface area (Å²) in [6, 6.07) is 1.47. The SMILES string of the molecule is CC(C)CCC[C@H](NC(C)C)C1CC1. The Morgan fingerprint density at radius 1 is 1.07 bits per heavy atom. The smallest absolute Gasteiger partial charge is 0.00976 e. The fourth-order valence-electron chi connectivity index (χ4n) is 2.13. The van der Waals surface area contributed by atoms with E-state index in [9.17, 15) is 0 Å². The van der Waals surface area contributed by atoms with Gasteiger partial charge in [-0.3, -0.25) is 0 Å². The number of hydrogen-bond donors (Lipinski definition) is 1. The lowest BCUT2D eigenvalue weighted by molar-refractivity contribution is 0.377. The first-order valence-electron chi connectivity index (χ1n) is 6.35. The minimum atomic E-state index is 0.652. The molecule has 0 aromatic carbocycles. The molecule has 0 aliphatic heterocycles. The largest absolute Gasteiger partial charge is 0.312 e. The molecule has 0 aromatic heterocycles. The Hall–Kier alpha value is -0.0400. The van der Waals surface area contributed by atoms with Gasteiger partial charge in [-0.25, -0.2) is 0 Å². The molecule has 0 heterocycles. The van der Waals surface area contributed by atoms with Crippen LogP contribution in [0.25, 0.3) is 0 Å². The molecule has 0 unspecified atom stereocenters. The van der Waals surface area contributed by atoms with Crippen molar-refractivity contribution in [3.63, 3.8) is 0 Å². The number of nitrogens with one attached hydrogen (secondary N) is 1. The molecular weight excluding hydrogens is 170 g/mol. The molecule has 1 aliphatic rings. The highest BCUT2D eigenvalue weighted by atomic mass is 14.9. The monoisotopic (exact) mass is 197 g/mol. The third kappa shape index (κ3) is 4.99. The first-order chi connectivity index (χ1) is 6.59. The van der Waals surface area contributed by atoms with Gasteiger partial charge in [0.1, 0.15) is 0 Å². The summed E-state index contributed by atoms with van der Waals surface area (Å²) in [5, 5.41) is 3.72. The van der Waals surface area contributed by atoms with Gasteiger partial charge in [-0.1, -0.05) is 40.5 Å². The number of hydrogen-bond acceptors (Lipinski definition) is 1. The van der Waals surface area contributed by atoms with Crippen LogP contribution in [-0.4, -0.2) is 12.1 Å². The van der Waals surface area contributed by atoms with E-state index in [2.05, 4.69) is 33.0 Å². The van der Waals surface area contributed by atoms with E-state index in [1.165, 1.54) is 32.1 Å². The van der Waals surface area contributed by atoms with Crippen LogP contribution in [0.15, 0.2) is 0 Å². The van der Waals surface area contributed by atoms with E-state index >= 15 is 0 Å². The minimum absolute atomic E-state index is 0.652. The summed E-state index contributed by atoms with van der Waals surface area (Å²) >= 11 is 0. The van der Waals surface area contributed by atoms with E-state index in [0.717, 1.165) is 17.9 Å². The third-order valence-corrected chi connectivity index (χ3v) is 3.04. The van der Waals surface area contributed by atoms with E-state index < -0.39 is 0 Å². The highest BCUT2D eigenvalue weighted by Crippen LogP contribution is 2.35. The maximum atomic E-state index is 3.72. The molecule has 1 saturated carbocycles. The molecule has 0 spiro atoms. The molecule has 0 saturated heterocycles. The van der Waals surface area contributed by atoms with E-state index in [1.807, 2.05) is 0 Å². The predicted octanol–water partition coefficient (Wildman–Crippen LogP) is 3.59. The Bertz CT molecular complexity index is 147. The van der Waals surface area contributed by atoms with Gasteiger partial charge in [0.25, 0.3) is 0 Å². The van der Waals surface area contributed by atoms with Crippen LogP contribution in [0.4, 0.5) is 0 Å². The van der Waals surface area contributed by atoms with Gasteiger partial charge in [-0.2, -0.15) is 0 Å². The van der Waals surface area contributed by atoms with Gasteiger partial charge >= 0.3 is 0 Å². The van der Waals surface area contributed by atoms with Crippen molar-refractivity contribution < 1.29 is 0 Å². The lowest BCUT2D eigenvalue weighted by Crippen LogP contribution is -2.36. The zero-order valence-electron chi connectivity index (χ0n) is 10.3. The van der Waals surface area contributed by atoms with E-state index in [0.29, 0.717) is 6.04 Å². The van der Waals surface area contributed by atoms with Gasteiger partial charge in [0.05, 0.1) is 0 Å². The maximum Gasteiger partial charge on any atom is 0.00976 e. The fourth-order valence-corrected chi connectivity index (χ4v) is 2.13. The van der Waals surface area contributed by atoms with Crippen molar-refractivity contribution in [3.05, 3.63) is 0 Å². The van der Waals surface area contributed by atoms with Gasteiger partial charge < -0.3 is 5.32 Å². The Balaban J connectivity index is 2.15. The summed E-state index contributed by atoms with van der Waals surface area (Å²) < 4.78 is 0. The minimum Gasteiger partial charge on any atom is -0.312 e. The normalized spacial score (nSPS) is 19.3. The number of rotatable bonds is 7. The average Bonchev–Trinajstić information content (AvgIpc) is 2.83. The van der Waals surface area contributed by atoms with Crippen LogP contribution in [-0.2, 0) is 0 Å². The molecule has 1 heteroatoms. The Kier molecular flexibility index (Phi) is 4.94. The first kappa shape index (κ1) is 12.0. The zero-order chi connectivity index (χ0) is 10.6. The van der Waals surface area contributed by atoms with Crippen molar-refractivity contribution >= 4 is 0 Å². The standard InChI is InChI=1S/C13H27N/c1-10(2)6-5-7-13(12-8-9-12)14-11(3)4/h10-14H,5-9H2,1-4H3/t13-/m0/s1. The fraction of sp³-hybridized carbons (Fsp3) is 1.00. The van der Waals surface area contributed by atoms with Gasteiger partial charge in [-0.05, 0) is 31.1 Å². The van der Waals surface area contributed by atoms with Gasteiger partial charge in [0.15, 0.2) is 0 Å². The predicted molar refractivity (Wildman–Crippen MR) is 63.5 cm³/mol. The van der Waals surface area contributed by atoms with Crippen LogP contribution in [0.3, 0.4) is 0 Å². The molecule has 1 aliphatic carbocycles. The Labute approximate surface area is 89.7 Å². The summed E-state index contributed by atoms with van der Waals surface area (Å²) in [6.07, 6.45) is 7.11. The third-order valence-electron chi connectivity index (χ3n) is 3.04. The van der Waals surface area contributed by atoms with Crippen molar-refractivity contribution in [1.82, 2.24) is 5.32 Å². The van der Waals surface area contributed by atoms with E-state index in [1.54, 1.807) is 0 Å². The van der Waals surface area contributed by atoms with Crippen LogP contribution in [0.5, 0.6) is 0 Å². The molecule has 14 heavy (non-hydrogen) atoms. The topological polar surface area (TPSA) is 12.0 Å². The molecule has 1 N–H and O–H groups in total. The quantitative estimate of drug-likeness (QED) is 0.657. The van der Waals surface area contributed by atoms with Gasteiger partial charge in [0.2, 0.25) is 0 Å². The molecule has 1 atom stereocenters. The second kappa shape index (κ2) is 5.75. The molecule has 1 nitrogen and oxygen atoms in total. The molecular formula is C13H27N. The van der Waals surface area contributed by atoms with Crippen molar-refractivity contribution in [1.29, 1.82) is 0 Å². The zero-order valence-corrected chi connectivity index (χ0v) is 10.3. The second-order valence-corrected chi connectivity index (χ2v) is 5.59. The van der Waals surface area contributed by atoms with Crippen LogP contribution < -0.4 is 5.32 Å². The lowest BCUT2D eigenvalue weighted by atomic mass is 10.00. The average molecular weight is 197 g/mol. The molecule has 1 rings (SSSR count).